The summed E-state index contributed by atoms with van der Waals surface area (Å²) in [6.07, 6.45) is 2.93. The summed E-state index contributed by atoms with van der Waals surface area (Å²) in [5.41, 5.74) is 2.30. The number of thiophene rings is 1. The van der Waals surface area contributed by atoms with E-state index in [2.05, 4.69) is 24.4 Å². The smallest absolute Gasteiger partial charge is 0.101 e. The van der Waals surface area contributed by atoms with E-state index in [0.717, 1.165) is 28.6 Å². The minimum Gasteiger partial charge on any atom is -0.469 e. The first kappa shape index (κ1) is 13.7. The first-order valence-electron chi connectivity index (χ1n) is 6.16. The number of rotatable bonds is 5. The number of furan rings is 1. The molecule has 2 aromatic heterocycles. The average molecular weight is 284 g/mol. The van der Waals surface area contributed by atoms with Crippen LogP contribution in [0.2, 0.25) is 4.34 Å². The molecule has 1 atom stereocenters. The van der Waals surface area contributed by atoms with Crippen LogP contribution < -0.4 is 5.32 Å². The Labute approximate surface area is 117 Å². The molecule has 2 rings (SSSR count). The summed E-state index contributed by atoms with van der Waals surface area (Å²) in [7, 11) is 0. The molecule has 0 aliphatic carbocycles. The fourth-order valence-electron chi connectivity index (χ4n) is 1.91. The molecule has 0 amide bonds. The van der Waals surface area contributed by atoms with Gasteiger partial charge >= 0.3 is 0 Å². The molecule has 0 aliphatic heterocycles. The zero-order chi connectivity index (χ0) is 13.1. The normalized spacial score (nSPS) is 12.9. The molecule has 0 bridgehead atoms. The second-order valence-corrected chi connectivity index (χ2v) is 6.17. The average Bonchev–Trinajstić information content (AvgIpc) is 2.88. The lowest BCUT2D eigenvalue weighted by molar-refractivity contribution is 0.524. The molecule has 0 aromatic carbocycles. The predicted molar refractivity (Wildman–Crippen MR) is 77.6 cm³/mol. The number of hydrogen-bond acceptors (Lipinski definition) is 3. The Morgan fingerprint density at radius 3 is 2.67 bits per heavy atom. The van der Waals surface area contributed by atoms with E-state index in [9.17, 15) is 0 Å². The lowest BCUT2D eigenvalue weighted by atomic mass is 10.1. The van der Waals surface area contributed by atoms with Crippen LogP contribution >= 0.6 is 22.9 Å². The van der Waals surface area contributed by atoms with Gasteiger partial charge in [-0.1, -0.05) is 18.5 Å². The molecule has 0 aliphatic rings. The summed E-state index contributed by atoms with van der Waals surface area (Å²) in [6, 6.07) is 4.41. The highest BCUT2D eigenvalue weighted by Crippen LogP contribution is 2.34. The Balaban J connectivity index is 2.30. The standard InChI is InChI=1S/C14H18ClNOS/c1-4-5-16-13(11-7-10(3)17-8-11)12-6-9(2)14(15)18-12/h6-8,13,16H,4-5H2,1-3H3. The highest BCUT2D eigenvalue weighted by Gasteiger charge is 2.18. The predicted octanol–water partition coefficient (Wildman–Crippen LogP) is 4.70. The van der Waals surface area contributed by atoms with Gasteiger partial charge in [0.25, 0.3) is 0 Å². The molecule has 2 nitrogen and oxygen atoms in total. The minimum absolute atomic E-state index is 0.179. The number of hydrogen-bond donors (Lipinski definition) is 1. The van der Waals surface area contributed by atoms with Crippen LogP contribution in [-0.2, 0) is 0 Å². The number of aryl methyl sites for hydroxylation is 2. The third-order valence-electron chi connectivity index (χ3n) is 2.84. The first-order chi connectivity index (χ1) is 8.61. The van der Waals surface area contributed by atoms with Crippen LogP contribution in [0.3, 0.4) is 0 Å². The molecule has 2 aromatic rings. The Morgan fingerprint density at radius 1 is 1.39 bits per heavy atom. The summed E-state index contributed by atoms with van der Waals surface area (Å²) in [4.78, 5) is 1.24. The van der Waals surface area contributed by atoms with E-state index in [1.54, 1.807) is 11.3 Å². The molecule has 0 fully saturated rings. The minimum atomic E-state index is 0.179. The van der Waals surface area contributed by atoms with Crippen molar-refractivity contribution in [1.29, 1.82) is 0 Å². The topological polar surface area (TPSA) is 25.2 Å². The molecule has 98 valence electrons. The first-order valence-corrected chi connectivity index (χ1v) is 7.35. The van der Waals surface area contributed by atoms with Gasteiger partial charge in [-0.05, 0) is 44.5 Å². The molecular weight excluding hydrogens is 266 g/mol. The summed E-state index contributed by atoms with van der Waals surface area (Å²) in [5.74, 6) is 0.938. The van der Waals surface area contributed by atoms with Crippen LogP contribution in [0, 0.1) is 13.8 Å². The molecule has 0 spiro atoms. The summed E-state index contributed by atoms with van der Waals surface area (Å²) < 4.78 is 6.28. The van der Waals surface area contributed by atoms with Crippen LogP contribution in [0.4, 0.5) is 0 Å². The number of nitrogens with one attached hydrogen (secondary N) is 1. The van der Waals surface area contributed by atoms with E-state index in [0.29, 0.717) is 0 Å². The Hall–Kier alpha value is -0.770. The fraction of sp³-hybridized carbons (Fsp3) is 0.429. The molecule has 0 saturated carbocycles. The van der Waals surface area contributed by atoms with E-state index in [4.69, 9.17) is 16.0 Å². The monoisotopic (exact) mass is 283 g/mol. The van der Waals surface area contributed by atoms with Gasteiger partial charge in [0.05, 0.1) is 16.6 Å². The summed E-state index contributed by atoms with van der Waals surface area (Å²) >= 11 is 7.81. The lowest BCUT2D eigenvalue weighted by Crippen LogP contribution is -2.21. The van der Waals surface area contributed by atoms with Crippen molar-refractivity contribution in [2.75, 3.05) is 6.54 Å². The van der Waals surface area contributed by atoms with Gasteiger partial charge in [0, 0.05) is 10.4 Å². The van der Waals surface area contributed by atoms with Gasteiger partial charge in [-0.2, -0.15) is 0 Å². The van der Waals surface area contributed by atoms with Crippen LogP contribution in [0.25, 0.3) is 0 Å². The van der Waals surface area contributed by atoms with E-state index in [-0.39, 0.29) is 6.04 Å². The number of halogens is 1. The van der Waals surface area contributed by atoms with Crippen molar-refractivity contribution < 1.29 is 4.42 Å². The molecule has 1 N–H and O–H groups in total. The maximum absolute atomic E-state index is 6.17. The van der Waals surface area contributed by atoms with Crippen molar-refractivity contribution >= 4 is 22.9 Å². The van der Waals surface area contributed by atoms with Gasteiger partial charge in [-0.3, -0.25) is 0 Å². The van der Waals surface area contributed by atoms with E-state index < -0.39 is 0 Å². The second-order valence-electron chi connectivity index (χ2n) is 4.48. The van der Waals surface area contributed by atoms with E-state index >= 15 is 0 Å². The fourth-order valence-corrected chi connectivity index (χ4v) is 3.23. The van der Waals surface area contributed by atoms with Crippen molar-refractivity contribution in [3.63, 3.8) is 0 Å². The SMILES string of the molecule is CCCNC(c1coc(C)c1)c1cc(C)c(Cl)s1. The molecule has 1 unspecified atom stereocenters. The van der Waals surface area contributed by atoms with Crippen molar-refractivity contribution in [3.05, 3.63) is 44.5 Å². The second kappa shape index (κ2) is 5.91. The van der Waals surface area contributed by atoms with Gasteiger partial charge in [0.15, 0.2) is 0 Å². The molecule has 2 heterocycles. The Bertz CT molecular complexity index is 498. The van der Waals surface area contributed by atoms with Crippen molar-refractivity contribution in [2.45, 2.75) is 33.2 Å². The quantitative estimate of drug-likeness (QED) is 0.860. The largest absolute Gasteiger partial charge is 0.469 e. The maximum Gasteiger partial charge on any atom is 0.101 e. The maximum atomic E-state index is 6.17. The highest BCUT2D eigenvalue weighted by atomic mass is 35.5. The molecule has 4 heteroatoms. The van der Waals surface area contributed by atoms with Gasteiger partial charge in [0.1, 0.15) is 5.76 Å². The van der Waals surface area contributed by atoms with Crippen LogP contribution in [-0.4, -0.2) is 6.54 Å². The van der Waals surface area contributed by atoms with Gasteiger partial charge in [0.2, 0.25) is 0 Å². The van der Waals surface area contributed by atoms with Crippen molar-refractivity contribution in [3.8, 4) is 0 Å². The van der Waals surface area contributed by atoms with Crippen molar-refractivity contribution in [2.24, 2.45) is 0 Å². The molecule has 0 saturated heterocycles. The van der Waals surface area contributed by atoms with Gasteiger partial charge < -0.3 is 9.73 Å². The molecule has 0 radical (unpaired) electrons. The van der Waals surface area contributed by atoms with E-state index in [1.165, 1.54) is 10.4 Å². The Morgan fingerprint density at radius 2 is 2.17 bits per heavy atom. The third kappa shape index (κ3) is 2.97. The van der Waals surface area contributed by atoms with Crippen LogP contribution in [0.5, 0.6) is 0 Å². The van der Waals surface area contributed by atoms with Gasteiger partial charge in [-0.15, -0.1) is 11.3 Å². The Kier molecular flexibility index (Phi) is 4.49. The summed E-state index contributed by atoms with van der Waals surface area (Å²) in [5, 5.41) is 3.55. The van der Waals surface area contributed by atoms with Crippen molar-refractivity contribution in [1.82, 2.24) is 5.32 Å². The molecular formula is C14H18ClNOS. The van der Waals surface area contributed by atoms with E-state index in [1.807, 2.05) is 20.1 Å². The highest BCUT2D eigenvalue weighted by molar-refractivity contribution is 7.16. The molecule has 18 heavy (non-hydrogen) atoms. The zero-order valence-electron chi connectivity index (χ0n) is 10.9. The third-order valence-corrected chi connectivity index (χ3v) is 4.46. The lowest BCUT2D eigenvalue weighted by Gasteiger charge is -2.15. The van der Waals surface area contributed by atoms with Gasteiger partial charge in [-0.25, -0.2) is 0 Å². The van der Waals surface area contributed by atoms with Crippen LogP contribution in [0.1, 0.15) is 41.2 Å². The zero-order valence-corrected chi connectivity index (χ0v) is 12.5. The summed E-state index contributed by atoms with van der Waals surface area (Å²) in [6.45, 7) is 7.15. The van der Waals surface area contributed by atoms with Crippen LogP contribution in [0.15, 0.2) is 22.8 Å².